The predicted octanol–water partition coefficient (Wildman–Crippen LogP) is 3.02. The molecule has 1 rings (SSSR count). The first-order valence-electron chi connectivity index (χ1n) is 4.44. The quantitative estimate of drug-likeness (QED) is 0.807. The molecule has 0 aliphatic carbocycles. The Bertz CT molecular complexity index is 291. The lowest BCUT2D eigenvalue weighted by Gasteiger charge is -2.07. The minimum atomic E-state index is -0.705. The van der Waals surface area contributed by atoms with E-state index < -0.39 is 5.97 Å². The summed E-state index contributed by atoms with van der Waals surface area (Å²) in [5.41, 5.74) is 0. The highest BCUT2D eigenvalue weighted by atomic mass is 32.1. The molecule has 0 fully saturated rings. The first-order chi connectivity index (χ1) is 6.15. The number of thiophene rings is 1. The van der Waals surface area contributed by atoms with Crippen molar-refractivity contribution < 1.29 is 9.90 Å². The molecule has 0 saturated heterocycles. The third kappa shape index (κ3) is 2.56. The number of carboxylic acid groups (broad SMARTS) is 1. The largest absolute Gasteiger partial charge is 0.481 e. The Kier molecular flexibility index (Phi) is 3.48. The van der Waals surface area contributed by atoms with Crippen molar-refractivity contribution in [1.82, 2.24) is 0 Å². The Balaban J connectivity index is 2.81. The van der Waals surface area contributed by atoms with E-state index >= 15 is 0 Å². The van der Waals surface area contributed by atoms with Gasteiger partial charge < -0.3 is 5.11 Å². The molecule has 1 aromatic rings. The standard InChI is InChI=1S/C10H14O2S/c1-3-4-8(10(11)12)9-6-5-7(2)13-9/h5-6,8H,3-4H2,1-2H3,(H,11,12). The fourth-order valence-electron chi connectivity index (χ4n) is 1.32. The van der Waals surface area contributed by atoms with E-state index in [2.05, 4.69) is 0 Å². The second-order valence-electron chi connectivity index (χ2n) is 3.13. The number of rotatable bonds is 4. The van der Waals surface area contributed by atoms with Gasteiger partial charge in [0, 0.05) is 9.75 Å². The maximum absolute atomic E-state index is 10.9. The fraction of sp³-hybridized carbons (Fsp3) is 0.500. The van der Waals surface area contributed by atoms with Gasteiger partial charge in [-0.3, -0.25) is 4.79 Å². The molecule has 0 aliphatic rings. The summed E-state index contributed by atoms with van der Waals surface area (Å²) in [6.45, 7) is 4.01. The Labute approximate surface area is 82.2 Å². The second kappa shape index (κ2) is 4.42. The van der Waals surface area contributed by atoms with Crippen LogP contribution >= 0.6 is 11.3 Å². The monoisotopic (exact) mass is 198 g/mol. The molecule has 0 aliphatic heterocycles. The van der Waals surface area contributed by atoms with Crippen molar-refractivity contribution in [1.29, 1.82) is 0 Å². The molecule has 3 heteroatoms. The Morgan fingerprint density at radius 3 is 2.69 bits per heavy atom. The summed E-state index contributed by atoms with van der Waals surface area (Å²) in [5, 5.41) is 8.97. The Hall–Kier alpha value is -0.830. The Morgan fingerprint density at radius 2 is 2.31 bits per heavy atom. The average molecular weight is 198 g/mol. The molecule has 0 saturated carbocycles. The zero-order chi connectivity index (χ0) is 9.84. The van der Waals surface area contributed by atoms with Crippen LogP contribution < -0.4 is 0 Å². The molecule has 1 atom stereocenters. The maximum atomic E-state index is 10.9. The lowest BCUT2D eigenvalue weighted by Crippen LogP contribution is -2.09. The fourth-order valence-corrected chi connectivity index (χ4v) is 2.32. The van der Waals surface area contributed by atoms with Gasteiger partial charge in [-0.15, -0.1) is 11.3 Å². The third-order valence-corrected chi connectivity index (χ3v) is 3.09. The highest BCUT2D eigenvalue weighted by Gasteiger charge is 2.19. The number of carbonyl (C=O) groups is 1. The molecular formula is C10H14O2S. The van der Waals surface area contributed by atoms with Crippen LogP contribution in [0.4, 0.5) is 0 Å². The summed E-state index contributed by atoms with van der Waals surface area (Å²) in [6.07, 6.45) is 1.64. The number of hydrogen-bond donors (Lipinski definition) is 1. The number of hydrogen-bond acceptors (Lipinski definition) is 2. The van der Waals surface area contributed by atoms with Crippen molar-refractivity contribution in [3.8, 4) is 0 Å². The van der Waals surface area contributed by atoms with Gasteiger partial charge in [0.25, 0.3) is 0 Å². The van der Waals surface area contributed by atoms with Crippen LogP contribution in [0.3, 0.4) is 0 Å². The molecule has 13 heavy (non-hydrogen) atoms. The number of carboxylic acids is 1. The highest BCUT2D eigenvalue weighted by Crippen LogP contribution is 2.28. The lowest BCUT2D eigenvalue weighted by atomic mass is 10.0. The number of aryl methyl sites for hydroxylation is 1. The van der Waals surface area contributed by atoms with Crippen molar-refractivity contribution >= 4 is 17.3 Å². The van der Waals surface area contributed by atoms with Crippen LogP contribution in [0.15, 0.2) is 12.1 Å². The molecule has 1 N–H and O–H groups in total. The van der Waals surface area contributed by atoms with Crippen LogP contribution in [-0.4, -0.2) is 11.1 Å². The van der Waals surface area contributed by atoms with Gasteiger partial charge in [-0.1, -0.05) is 13.3 Å². The van der Waals surface area contributed by atoms with E-state index in [-0.39, 0.29) is 5.92 Å². The first-order valence-corrected chi connectivity index (χ1v) is 5.26. The second-order valence-corrected chi connectivity index (χ2v) is 4.45. The van der Waals surface area contributed by atoms with Gasteiger partial charge in [0.15, 0.2) is 0 Å². The van der Waals surface area contributed by atoms with Gasteiger partial charge in [-0.2, -0.15) is 0 Å². The topological polar surface area (TPSA) is 37.3 Å². The van der Waals surface area contributed by atoms with E-state index in [4.69, 9.17) is 5.11 Å². The van der Waals surface area contributed by atoms with Gasteiger partial charge in [-0.25, -0.2) is 0 Å². The normalized spacial score (nSPS) is 12.8. The maximum Gasteiger partial charge on any atom is 0.311 e. The molecule has 1 aromatic heterocycles. The lowest BCUT2D eigenvalue weighted by molar-refractivity contribution is -0.138. The molecule has 0 radical (unpaired) electrons. The van der Waals surface area contributed by atoms with Gasteiger partial charge in [-0.05, 0) is 25.5 Å². The van der Waals surface area contributed by atoms with Gasteiger partial charge in [0.05, 0.1) is 5.92 Å². The smallest absolute Gasteiger partial charge is 0.311 e. The molecule has 1 unspecified atom stereocenters. The summed E-state index contributed by atoms with van der Waals surface area (Å²) in [7, 11) is 0. The third-order valence-electron chi connectivity index (χ3n) is 1.98. The summed E-state index contributed by atoms with van der Waals surface area (Å²) >= 11 is 1.58. The van der Waals surface area contributed by atoms with Gasteiger partial charge in [0.2, 0.25) is 0 Å². The minimum Gasteiger partial charge on any atom is -0.481 e. The number of aliphatic carboxylic acids is 1. The van der Waals surface area contributed by atoms with Crippen molar-refractivity contribution in [3.05, 3.63) is 21.9 Å². The molecule has 72 valence electrons. The SMILES string of the molecule is CCCC(C(=O)O)c1ccc(C)s1. The van der Waals surface area contributed by atoms with Crippen LogP contribution in [0, 0.1) is 6.92 Å². The molecule has 0 amide bonds. The Morgan fingerprint density at radius 1 is 1.62 bits per heavy atom. The summed E-state index contributed by atoms with van der Waals surface area (Å²) in [4.78, 5) is 13.1. The average Bonchev–Trinajstić information content (AvgIpc) is 2.46. The van der Waals surface area contributed by atoms with Crippen LogP contribution in [0.1, 0.15) is 35.4 Å². The van der Waals surface area contributed by atoms with E-state index in [1.54, 1.807) is 11.3 Å². The van der Waals surface area contributed by atoms with Crippen molar-refractivity contribution in [3.63, 3.8) is 0 Å². The predicted molar refractivity (Wildman–Crippen MR) is 54.3 cm³/mol. The molecule has 0 spiro atoms. The van der Waals surface area contributed by atoms with Crippen molar-refractivity contribution in [2.45, 2.75) is 32.6 Å². The highest BCUT2D eigenvalue weighted by molar-refractivity contribution is 7.12. The van der Waals surface area contributed by atoms with Gasteiger partial charge in [0.1, 0.15) is 0 Å². The molecule has 0 bridgehead atoms. The zero-order valence-electron chi connectivity index (χ0n) is 7.91. The van der Waals surface area contributed by atoms with Crippen molar-refractivity contribution in [2.75, 3.05) is 0 Å². The van der Waals surface area contributed by atoms with Crippen molar-refractivity contribution in [2.24, 2.45) is 0 Å². The van der Waals surface area contributed by atoms with E-state index in [9.17, 15) is 4.79 Å². The molecule has 1 heterocycles. The molecule has 0 aromatic carbocycles. The summed E-state index contributed by atoms with van der Waals surface area (Å²) in [5.74, 6) is -1.01. The molecular weight excluding hydrogens is 184 g/mol. The van der Waals surface area contributed by atoms with E-state index in [0.717, 1.165) is 17.7 Å². The zero-order valence-corrected chi connectivity index (χ0v) is 8.73. The first kappa shape index (κ1) is 10.3. The molecule has 2 nitrogen and oxygen atoms in total. The van der Waals surface area contributed by atoms with Crippen LogP contribution in [0.25, 0.3) is 0 Å². The summed E-state index contributed by atoms with van der Waals surface area (Å²) in [6, 6.07) is 3.90. The van der Waals surface area contributed by atoms with E-state index in [1.165, 1.54) is 4.88 Å². The van der Waals surface area contributed by atoms with Crippen LogP contribution in [-0.2, 0) is 4.79 Å². The summed E-state index contributed by atoms with van der Waals surface area (Å²) < 4.78 is 0. The minimum absolute atomic E-state index is 0.302. The van der Waals surface area contributed by atoms with Crippen LogP contribution in [0.2, 0.25) is 0 Å². The van der Waals surface area contributed by atoms with E-state index in [1.807, 2.05) is 26.0 Å². The van der Waals surface area contributed by atoms with E-state index in [0.29, 0.717) is 0 Å². The van der Waals surface area contributed by atoms with Gasteiger partial charge >= 0.3 is 5.97 Å². The van der Waals surface area contributed by atoms with Crippen LogP contribution in [0.5, 0.6) is 0 Å².